The van der Waals surface area contributed by atoms with Crippen molar-refractivity contribution in [2.75, 3.05) is 0 Å². The Labute approximate surface area is 181 Å². The summed E-state index contributed by atoms with van der Waals surface area (Å²) in [4.78, 5) is 17.6. The first kappa shape index (κ1) is 20.1. The van der Waals surface area contributed by atoms with Gasteiger partial charge in [0.05, 0.1) is 17.8 Å². The molecule has 5 heteroatoms. The van der Waals surface area contributed by atoms with E-state index in [0.29, 0.717) is 13.1 Å². The topological polar surface area (TPSA) is 46.9 Å². The van der Waals surface area contributed by atoms with Crippen LogP contribution >= 0.6 is 11.3 Å². The van der Waals surface area contributed by atoms with Crippen molar-refractivity contribution in [3.8, 4) is 10.6 Å². The van der Waals surface area contributed by atoms with Crippen molar-refractivity contribution < 1.29 is 4.79 Å². The molecule has 2 aromatic carbocycles. The van der Waals surface area contributed by atoms with E-state index in [1.807, 2.05) is 50.2 Å². The predicted molar refractivity (Wildman–Crippen MR) is 123 cm³/mol. The summed E-state index contributed by atoms with van der Waals surface area (Å²) in [6.45, 7) is 7.27. The highest BCUT2D eigenvalue weighted by atomic mass is 32.1. The molecule has 0 bridgehead atoms. The maximum Gasteiger partial charge on any atom is 0.253 e. The molecule has 0 aliphatic heterocycles. The van der Waals surface area contributed by atoms with Crippen molar-refractivity contribution in [3.05, 3.63) is 99.8 Å². The van der Waals surface area contributed by atoms with Crippen LogP contribution in [0, 0.1) is 20.8 Å². The highest BCUT2D eigenvalue weighted by Gasteiger charge is 2.16. The minimum atomic E-state index is -0.0434. The maximum absolute atomic E-state index is 12.8. The molecule has 152 valence electrons. The molecule has 0 spiro atoms. The highest BCUT2D eigenvalue weighted by molar-refractivity contribution is 7.13. The fourth-order valence-electron chi connectivity index (χ4n) is 3.51. The lowest BCUT2D eigenvalue weighted by atomic mass is 10.1. The molecule has 4 aromatic rings. The average molecular weight is 416 g/mol. The van der Waals surface area contributed by atoms with Crippen molar-refractivity contribution >= 4 is 17.2 Å². The number of rotatable bonds is 6. The fraction of sp³-hybridized carbons (Fsp3) is 0.200. The monoisotopic (exact) mass is 415 g/mol. The summed E-state index contributed by atoms with van der Waals surface area (Å²) in [6.07, 6.45) is 0. The molecule has 0 radical (unpaired) electrons. The third kappa shape index (κ3) is 4.36. The zero-order valence-electron chi connectivity index (χ0n) is 17.5. The Bertz CT molecular complexity index is 1160. The summed E-state index contributed by atoms with van der Waals surface area (Å²) in [5.41, 5.74) is 7.19. The Morgan fingerprint density at radius 3 is 2.50 bits per heavy atom. The molecule has 1 amide bonds. The predicted octanol–water partition coefficient (Wildman–Crippen LogP) is 5.52. The molecule has 30 heavy (non-hydrogen) atoms. The van der Waals surface area contributed by atoms with Crippen molar-refractivity contribution in [2.24, 2.45) is 0 Å². The first-order valence-electron chi connectivity index (χ1n) is 10.0. The van der Waals surface area contributed by atoms with Gasteiger partial charge in [0, 0.05) is 28.9 Å². The van der Waals surface area contributed by atoms with E-state index in [-0.39, 0.29) is 5.91 Å². The number of carbonyl (C=O) groups is 1. The lowest BCUT2D eigenvalue weighted by Crippen LogP contribution is -2.23. The van der Waals surface area contributed by atoms with Crippen LogP contribution in [-0.2, 0) is 13.1 Å². The lowest BCUT2D eigenvalue weighted by Gasteiger charge is -2.09. The van der Waals surface area contributed by atoms with Crippen LogP contribution in [-0.4, -0.2) is 15.5 Å². The number of hydrogen-bond donors (Lipinski definition) is 1. The van der Waals surface area contributed by atoms with Crippen LogP contribution in [0.2, 0.25) is 0 Å². The minimum Gasteiger partial charge on any atom is -0.348 e. The van der Waals surface area contributed by atoms with Gasteiger partial charge in [-0.15, -0.1) is 11.3 Å². The van der Waals surface area contributed by atoms with E-state index in [2.05, 4.69) is 46.5 Å². The van der Waals surface area contributed by atoms with Gasteiger partial charge in [-0.2, -0.15) is 0 Å². The second kappa shape index (κ2) is 8.67. The Morgan fingerprint density at radius 1 is 1.03 bits per heavy atom. The summed E-state index contributed by atoms with van der Waals surface area (Å²) in [6, 6.07) is 20.4. The number of benzene rings is 2. The smallest absolute Gasteiger partial charge is 0.253 e. The molecule has 4 nitrogen and oxygen atoms in total. The van der Waals surface area contributed by atoms with Crippen LogP contribution in [0.25, 0.3) is 10.6 Å². The molecular weight excluding hydrogens is 390 g/mol. The standard InChI is InChI=1S/C25H25N3OS/c1-17-9-11-20(12-10-17)14-26-24(29)23-13-18(2)28(19(23)3)15-22-16-30-25(27-22)21-7-5-4-6-8-21/h4-13,16H,14-15H2,1-3H3,(H,26,29). The quantitative estimate of drug-likeness (QED) is 0.451. The molecule has 0 fully saturated rings. The summed E-state index contributed by atoms with van der Waals surface area (Å²) < 4.78 is 2.16. The Morgan fingerprint density at radius 2 is 1.77 bits per heavy atom. The third-order valence-corrected chi connectivity index (χ3v) is 6.22. The van der Waals surface area contributed by atoms with Gasteiger partial charge in [0.15, 0.2) is 0 Å². The van der Waals surface area contributed by atoms with Crippen molar-refractivity contribution in [1.82, 2.24) is 14.9 Å². The van der Waals surface area contributed by atoms with Crippen molar-refractivity contribution in [2.45, 2.75) is 33.9 Å². The van der Waals surface area contributed by atoms with E-state index in [4.69, 9.17) is 4.98 Å². The van der Waals surface area contributed by atoms with Gasteiger partial charge in [0.2, 0.25) is 0 Å². The SMILES string of the molecule is Cc1ccc(CNC(=O)c2cc(C)n(Cc3csc(-c4ccccc4)n3)c2C)cc1. The zero-order valence-corrected chi connectivity index (χ0v) is 18.3. The minimum absolute atomic E-state index is 0.0434. The summed E-state index contributed by atoms with van der Waals surface area (Å²) in [5, 5.41) is 6.15. The third-order valence-electron chi connectivity index (χ3n) is 5.28. The van der Waals surface area contributed by atoms with Gasteiger partial charge in [0.1, 0.15) is 5.01 Å². The first-order chi connectivity index (χ1) is 14.5. The van der Waals surface area contributed by atoms with Crippen LogP contribution in [0.3, 0.4) is 0 Å². The molecule has 0 saturated heterocycles. The van der Waals surface area contributed by atoms with E-state index >= 15 is 0 Å². The van der Waals surface area contributed by atoms with Crippen LogP contribution in [0.5, 0.6) is 0 Å². The number of hydrogen-bond acceptors (Lipinski definition) is 3. The number of carbonyl (C=O) groups excluding carboxylic acids is 1. The van der Waals surface area contributed by atoms with E-state index in [0.717, 1.165) is 38.8 Å². The Balaban J connectivity index is 1.47. The molecule has 0 atom stereocenters. The fourth-order valence-corrected chi connectivity index (χ4v) is 4.33. The molecule has 2 aromatic heterocycles. The van der Waals surface area contributed by atoms with E-state index in [9.17, 15) is 4.79 Å². The molecule has 2 heterocycles. The van der Waals surface area contributed by atoms with E-state index < -0.39 is 0 Å². The first-order valence-corrected chi connectivity index (χ1v) is 10.9. The van der Waals surface area contributed by atoms with Crippen molar-refractivity contribution in [3.63, 3.8) is 0 Å². The van der Waals surface area contributed by atoms with Crippen LogP contribution in [0.1, 0.15) is 38.6 Å². The Kier molecular flexibility index (Phi) is 5.81. The van der Waals surface area contributed by atoms with Crippen LogP contribution in [0.15, 0.2) is 66.0 Å². The zero-order chi connectivity index (χ0) is 21.1. The molecule has 0 saturated carbocycles. The van der Waals surface area contributed by atoms with Crippen LogP contribution in [0.4, 0.5) is 0 Å². The summed E-state index contributed by atoms with van der Waals surface area (Å²) in [7, 11) is 0. The van der Waals surface area contributed by atoms with Gasteiger partial charge in [-0.05, 0) is 32.4 Å². The highest BCUT2D eigenvalue weighted by Crippen LogP contribution is 2.25. The molecule has 1 N–H and O–H groups in total. The molecule has 0 aliphatic carbocycles. The maximum atomic E-state index is 12.8. The van der Waals surface area contributed by atoms with Crippen LogP contribution < -0.4 is 5.32 Å². The summed E-state index contributed by atoms with van der Waals surface area (Å²) >= 11 is 1.65. The second-order valence-corrected chi connectivity index (χ2v) is 8.41. The van der Waals surface area contributed by atoms with Gasteiger partial charge in [-0.1, -0.05) is 60.2 Å². The van der Waals surface area contributed by atoms with Gasteiger partial charge >= 0.3 is 0 Å². The number of nitrogens with zero attached hydrogens (tertiary/aromatic N) is 2. The molecule has 0 aliphatic rings. The van der Waals surface area contributed by atoms with E-state index in [1.165, 1.54) is 5.56 Å². The summed E-state index contributed by atoms with van der Waals surface area (Å²) in [5.74, 6) is -0.0434. The second-order valence-electron chi connectivity index (χ2n) is 7.55. The van der Waals surface area contributed by atoms with Gasteiger partial charge in [-0.3, -0.25) is 4.79 Å². The van der Waals surface area contributed by atoms with Gasteiger partial charge in [0.25, 0.3) is 5.91 Å². The number of amides is 1. The lowest BCUT2D eigenvalue weighted by molar-refractivity contribution is 0.0950. The normalized spacial score (nSPS) is 10.9. The number of aromatic nitrogens is 2. The number of thiazole rings is 1. The van der Waals surface area contributed by atoms with Gasteiger partial charge in [-0.25, -0.2) is 4.98 Å². The molecule has 0 unspecified atom stereocenters. The number of aryl methyl sites for hydroxylation is 2. The van der Waals surface area contributed by atoms with Gasteiger partial charge < -0.3 is 9.88 Å². The average Bonchev–Trinajstić information content (AvgIpc) is 3.34. The Hall–Kier alpha value is -3.18. The largest absolute Gasteiger partial charge is 0.348 e. The number of nitrogens with one attached hydrogen (secondary N) is 1. The van der Waals surface area contributed by atoms with Crippen molar-refractivity contribution in [1.29, 1.82) is 0 Å². The molecule has 4 rings (SSSR count). The van der Waals surface area contributed by atoms with E-state index in [1.54, 1.807) is 11.3 Å². The molecular formula is C25H25N3OS.